The Hall–Kier alpha value is -2.96. The largest absolute Gasteiger partial charge is 0.480 e. The summed E-state index contributed by atoms with van der Waals surface area (Å²) in [5, 5.41) is 20.1. The van der Waals surface area contributed by atoms with Crippen LogP contribution in [0.5, 0.6) is 0 Å². The summed E-state index contributed by atoms with van der Waals surface area (Å²) in [5.74, 6) is -0.512. The van der Waals surface area contributed by atoms with E-state index in [1.807, 2.05) is 24.3 Å². The topological polar surface area (TPSA) is 96.6 Å². The van der Waals surface area contributed by atoms with E-state index in [9.17, 15) is 20.0 Å². The Morgan fingerprint density at radius 2 is 2.00 bits per heavy atom. The first-order chi connectivity index (χ1) is 10.6. The number of nitro groups is 1. The quantitative estimate of drug-likeness (QED) is 0.688. The molecule has 7 nitrogen and oxygen atoms in total. The molecule has 1 unspecified atom stereocenters. The number of carbonyl (C=O) groups is 1. The number of fused-ring (bicyclic) bond motifs is 1. The molecule has 1 N–H and O–H groups in total. The lowest BCUT2D eigenvalue weighted by molar-refractivity contribution is -0.385. The summed E-state index contributed by atoms with van der Waals surface area (Å²) >= 11 is 0. The van der Waals surface area contributed by atoms with Crippen LogP contribution in [0, 0.1) is 10.1 Å². The summed E-state index contributed by atoms with van der Waals surface area (Å²) in [7, 11) is 0. The minimum Gasteiger partial charge on any atom is -0.480 e. The van der Waals surface area contributed by atoms with Crippen LogP contribution in [0.1, 0.15) is 11.1 Å². The Balaban J connectivity index is 1.97. The smallest absolute Gasteiger partial charge is 0.326 e. The molecule has 0 aliphatic carbocycles. The number of carboxylic acid groups (broad SMARTS) is 1. The van der Waals surface area contributed by atoms with Gasteiger partial charge in [-0.15, -0.1) is 0 Å². The number of nitrogens with zero attached hydrogens (tertiary/aromatic N) is 3. The second-order valence-electron chi connectivity index (χ2n) is 5.09. The molecule has 0 radical (unpaired) electrons. The van der Waals surface area contributed by atoms with Gasteiger partial charge < -0.3 is 10.0 Å². The molecule has 1 aromatic carbocycles. The van der Waals surface area contributed by atoms with Crippen LogP contribution in [-0.2, 0) is 17.8 Å². The third kappa shape index (κ3) is 2.48. The summed E-state index contributed by atoms with van der Waals surface area (Å²) in [4.78, 5) is 27.4. The average Bonchev–Trinajstić information content (AvgIpc) is 2.53. The lowest BCUT2D eigenvalue weighted by atomic mass is 9.94. The Kier molecular flexibility index (Phi) is 3.46. The van der Waals surface area contributed by atoms with Gasteiger partial charge in [0.15, 0.2) is 0 Å². The molecule has 2 heterocycles. The fraction of sp³-hybridized carbons (Fsp3) is 0.200. The maximum absolute atomic E-state index is 11.5. The van der Waals surface area contributed by atoms with Gasteiger partial charge in [-0.3, -0.25) is 10.1 Å². The van der Waals surface area contributed by atoms with Gasteiger partial charge in [-0.1, -0.05) is 24.3 Å². The van der Waals surface area contributed by atoms with Gasteiger partial charge in [0.05, 0.1) is 4.92 Å². The first-order valence-electron chi connectivity index (χ1n) is 6.73. The molecule has 0 amide bonds. The lowest BCUT2D eigenvalue weighted by Crippen LogP contribution is -2.46. The lowest BCUT2D eigenvalue weighted by Gasteiger charge is -2.35. The van der Waals surface area contributed by atoms with Crippen LogP contribution in [0.4, 0.5) is 11.5 Å². The standard InChI is InChI=1S/C15H13N3O4/c19-15(20)13-7-10-3-1-2-4-11(10)9-17(13)14-6-5-12(8-16-14)18(21)22/h1-6,8,13H,7,9H2,(H,19,20). The highest BCUT2D eigenvalue weighted by atomic mass is 16.6. The summed E-state index contributed by atoms with van der Waals surface area (Å²) in [5.41, 5.74) is 1.93. The minimum absolute atomic E-state index is 0.118. The maximum Gasteiger partial charge on any atom is 0.326 e. The van der Waals surface area contributed by atoms with Crippen molar-refractivity contribution >= 4 is 17.5 Å². The van der Waals surface area contributed by atoms with Gasteiger partial charge >= 0.3 is 5.97 Å². The van der Waals surface area contributed by atoms with Gasteiger partial charge in [0, 0.05) is 19.0 Å². The predicted molar refractivity (Wildman–Crippen MR) is 78.6 cm³/mol. The van der Waals surface area contributed by atoms with E-state index in [0.29, 0.717) is 18.8 Å². The zero-order valence-electron chi connectivity index (χ0n) is 11.5. The molecule has 1 atom stereocenters. The Labute approximate surface area is 126 Å². The zero-order valence-corrected chi connectivity index (χ0v) is 11.5. The maximum atomic E-state index is 11.5. The summed E-state index contributed by atoms with van der Waals surface area (Å²) in [6, 6.07) is 9.75. The highest BCUT2D eigenvalue weighted by molar-refractivity contribution is 5.79. The van der Waals surface area contributed by atoms with Crippen molar-refractivity contribution in [2.45, 2.75) is 19.0 Å². The molecule has 22 heavy (non-hydrogen) atoms. The van der Waals surface area contributed by atoms with Crippen LogP contribution in [0.15, 0.2) is 42.6 Å². The van der Waals surface area contributed by atoms with Crippen molar-refractivity contribution in [2.24, 2.45) is 0 Å². The number of hydrogen-bond acceptors (Lipinski definition) is 5. The fourth-order valence-electron chi connectivity index (χ4n) is 2.64. The van der Waals surface area contributed by atoms with Crippen molar-refractivity contribution in [3.8, 4) is 0 Å². The SMILES string of the molecule is O=C(O)C1Cc2ccccc2CN1c1ccc([N+](=O)[O-])cn1. The molecule has 0 saturated carbocycles. The Morgan fingerprint density at radius 3 is 2.59 bits per heavy atom. The van der Waals surface area contributed by atoms with Crippen molar-refractivity contribution in [3.05, 3.63) is 63.8 Å². The molecule has 3 rings (SSSR count). The number of benzene rings is 1. The summed E-state index contributed by atoms with van der Waals surface area (Å²) < 4.78 is 0. The molecular formula is C15H13N3O4. The number of anilines is 1. The van der Waals surface area contributed by atoms with Crippen LogP contribution in [-0.4, -0.2) is 27.0 Å². The number of aromatic nitrogens is 1. The van der Waals surface area contributed by atoms with Crippen molar-refractivity contribution in [1.29, 1.82) is 0 Å². The first kappa shape index (κ1) is 14.0. The van der Waals surface area contributed by atoms with Crippen molar-refractivity contribution in [2.75, 3.05) is 4.90 Å². The molecule has 2 aromatic rings. The molecule has 112 valence electrons. The van der Waals surface area contributed by atoms with Gasteiger partial charge in [-0.2, -0.15) is 0 Å². The number of aliphatic carboxylic acids is 1. The minimum atomic E-state index is -0.936. The first-order valence-corrected chi connectivity index (χ1v) is 6.73. The van der Waals surface area contributed by atoms with Gasteiger partial charge in [0.2, 0.25) is 0 Å². The fourth-order valence-corrected chi connectivity index (χ4v) is 2.64. The molecule has 1 aliphatic heterocycles. The molecule has 0 saturated heterocycles. The molecule has 1 aromatic heterocycles. The highest BCUT2D eigenvalue weighted by Crippen LogP contribution is 2.28. The van der Waals surface area contributed by atoms with Crippen LogP contribution in [0.3, 0.4) is 0 Å². The van der Waals surface area contributed by atoms with Crippen molar-refractivity contribution in [3.63, 3.8) is 0 Å². The van der Waals surface area contributed by atoms with E-state index in [2.05, 4.69) is 4.98 Å². The van der Waals surface area contributed by atoms with E-state index in [0.717, 1.165) is 17.3 Å². The summed E-state index contributed by atoms with van der Waals surface area (Å²) in [6.07, 6.45) is 1.53. The van der Waals surface area contributed by atoms with E-state index >= 15 is 0 Å². The molecule has 0 fully saturated rings. The number of carboxylic acids is 1. The Morgan fingerprint density at radius 1 is 1.27 bits per heavy atom. The van der Waals surface area contributed by atoms with Gasteiger partial charge in [0.1, 0.15) is 18.1 Å². The summed E-state index contributed by atoms with van der Waals surface area (Å²) in [6.45, 7) is 0.415. The third-order valence-corrected chi connectivity index (χ3v) is 3.77. The van der Waals surface area contributed by atoms with Crippen LogP contribution in [0.25, 0.3) is 0 Å². The van der Waals surface area contributed by atoms with Crippen molar-refractivity contribution < 1.29 is 14.8 Å². The molecule has 0 spiro atoms. The molecule has 1 aliphatic rings. The second-order valence-corrected chi connectivity index (χ2v) is 5.09. The molecule has 0 bridgehead atoms. The second kappa shape index (κ2) is 5.44. The number of hydrogen-bond donors (Lipinski definition) is 1. The van der Waals surface area contributed by atoms with Gasteiger partial charge in [-0.05, 0) is 17.2 Å². The Bertz CT molecular complexity index is 730. The van der Waals surface area contributed by atoms with E-state index in [-0.39, 0.29) is 5.69 Å². The third-order valence-electron chi connectivity index (χ3n) is 3.77. The van der Waals surface area contributed by atoms with E-state index in [1.165, 1.54) is 12.1 Å². The molecular weight excluding hydrogens is 286 g/mol. The number of pyridine rings is 1. The van der Waals surface area contributed by atoms with Crippen molar-refractivity contribution in [1.82, 2.24) is 4.98 Å². The number of rotatable bonds is 3. The van der Waals surface area contributed by atoms with E-state index in [4.69, 9.17) is 0 Å². The monoisotopic (exact) mass is 299 g/mol. The van der Waals surface area contributed by atoms with Gasteiger partial charge in [0.25, 0.3) is 5.69 Å². The van der Waals surface area contributed by atoms with E-state index < -0.39 is 16.9 Å². The van der Waals surface area contributed by atoms with E-state index in [1.54, 1.807) is 4.90 Å². The average molecular weight is 299 g/mol. The molecule has 7 heteroatoms. The zero-order chi connectivity index (χ0) is 15.7. The normalized spacial score (nSPS) is 16.9. The van der Waals surface area contributed by atoms with Gasteiger partial charge in [-0.25, -0.2) is 9.78 Å². The van der Waals surface area contributed by atoms with Crippen LogP contribution in [0.2, 0.25) is 0 Å². The van der Waals surface area contributed by atoms with Crippen LogP contribution < -0.4 is 4.90 Å². The predicted octanol–water partition coefficient (Wildman–Crippen LogP) is 2.01. The van der Waals surface area contributed by atoms with Crippen LogP contribution >= 0.6 is 0 Å². The highest BCUT2D eigenvalue weighted by Gasteiger charge is 2.32.